The van der Waals surface area contributed by atoms with Gasteiger partial charge in [0.1, 0.15) is 0 Å². The highest BCUT2D eigenvalue weighted by Crippen LogP contribution is 2.11. The van der Waals surface area contributed by atoms with Crippen molar-refractivity contribution < 1.29 is 14.7 Å². The van der Waals surface area contributed by atoms with E-state index in [-0.39, 0.29) is 11.4 Å². The summed E-state index contributed by atoms with van der Waals surface area (Å²) in [4.78, 5) is 28.4. The van der Waals surface area contributed by atoms with Crippen LogP contribution in [0.5, 0.6) is 0 Å². The van der Waals surface area contributed by atoms with Crippen molar-refractivity contribution in [2.45, 2.75) is 19.9 Å². The van der Waals surface area contributed by atoms with Gasteiger partial charge in [-0.3, -0.25) is 0 Å². The smallest absolute Gasteiger partial charge is 0.356 e. The molecule has 1 aromatic rings. The van der Waals surface area contributed by atoms with Gasteiger partial charge in [-0.05, 0) is 33.0 Å². The molecule has 7 heteroatoms. The molecule has 3 N–H and O–H groups in total. The fraction of sp³-hybridized carbons (Fsp3) is 0.462. The zero-order chi connectivity index (χ0) is 15.1. The van der Waals surface area contributed by atoms with Gasteiger partial charge in [0, 0.05) is 25.3 Å². The van der Waals surface area contributed by atoms with Crippen molar-refractivity contribution in [3.05, 3.63) is 24.0 Å². The summed E-state index contributed by atoms with van der Waals surface area (Å²) in [6.07, 6.45) is 1.37. The van der Waals surface area contributed by atoms with E-state index < -0.39 is 12.0 Å². The third-order valence-corrected chi connectivity index (χ3v) is 2.89. The lowest BCUT2D eigenvalue weighted by Crippen LogP contribution is -2.38. The molecule has 0 aliphatic rings. The third-order valence-electron chi connectivity index (χ3n) is 2.89. The Labute approximate surface area is 118 Å². The number of carboxylic acid groups (broad SMARTS) is 1. The second-order valence-corrected chi connectivity index (χ2v) is 4.66. The van der Waals surface area contributed by atoms with Crippen LogP contribution in [0.1, 0.15) is 24.3 Å². The van der Waals surface area contributed by atoms with Crippen molar-refractivity contribution in [1.82, 2.24) is 15.2 Å². The molecule has 0 spiro atoms. The number of carboxylic acids is 1. The summed E-state index contributed by atoms with van der Waals surface area (Å²) in [6, 6.07) is 3.01. The van der Waals surface area contributed by atoms with E-state index in [0.717, 1.165) is 0 Å². The van der Waals surface area contributed by atoms with Gasteiger partial charge in [-0.15, -0.1) is 0 Å². The average molecular weight is 280 g/mol. The SMILES string of the molecule is CC(C)N(C)CCNC(=O)Nc1cccnc1C(=O)O. The van der Waals surface area contributed by atoms with Crippen LogP contribution in [0.4, 0.5) is 10.5 Å². The fourth-order valence-electron chi connectivity index (χ4n) is 1.45. The maximum Gasteiger partial charge on any atom is 0.356 e. The molecule has 0 saturated heterocycles. The van der Waals surface area contributed by atoms with Crippen LogP contribution >= 0.6 is 0 Å². The van der Waals surface area contributed by atoms with Crippen molar-refractivity contribution in [1.29, 1.82) is 0 Å². The molecule has 1 aromatic heterocycles. The number of amides is 2. The van der Waals surface area contributed by atoms with Crippen molar-refractivity contribution in [3.63, 3.8) is 0 Å². The zero-order valence-corrected chi connectivity index (χ0v) is 11.9. The predicted octanol–water partition coefficient (Wildman–Crippen LogP) is 1.24. The Morgan fingerprint density at radius 1 is 1.45 bits per heavy atom. The van der Waals surface area contributed by atoms with E-state index in [9.17, 15) is 9.59 Å². The number of anilines is 1. The number of carbonyl (C=O) groups is 2. The quantitative estimate of drug-likeness (QED) is 0.729. The molecule has 0 atom stereocenters. The Morgan fingerprint density at radius 2 is 2.15 bits per heavy atom. The molecule has 7 nitrogen and oxygen atoms in total. The molecule has 20 heavy (non-hydrogen) atoms. The maximum atomic E-state index is 11.7. The summed E-state index contributed by atoms with van der Waals surface area (Å²) in [6.45, 7) is 5.32. The number of hydrogen-bond acceptors (Lipinski definition) is 4. The van der Waals surface area contributed by atoms with Crippen LogP contribution in [-0.2, 0) is 0 Å². The third kappa shape index (κ3) is 4.85. The van der Waals surface area contributed by atoms with E-state index in [1.807, 2.05) is 7.05 Å². The molecule has 0 saturated carbocycles. The van der Waals surface area contributed by atoms with Crippen LogP contribution in [-0.4, -0.2) is 53.2 Å². The molecule has 110 valence electrons. The molecule has 0 aliphatic carbocycles. The first-order valence-corrected chi connectivity index (χ1v) is 6.35. The van der Waals surface area contributed by atoms with Gasteiger partial charge in [0.05, 0.1) is 5.69 Å². The topological polar surface area (TPSA) is 94.6 Å². The molecule has 0 unspecified atom stereocenters. The summed E-state index contributed by atoms with van der Waals surface area (Å²) in [7, 11) is 1.97. The van der Waals surface area contributed by atoms with Crippen LogP contribution in [0.3, 0.4) is 0 Å². The van der Waals surface area contributed by atoms with E-state index >= 15 is 0 Å². The highest BCUT2D eigenvalue weighted by atomic mass is 16.4. The minimum absolute atomic E-state index is 0.176. The summed E-state index contributed by atoms with van der Waals surface area (Å²) in [5.41, 5.74) is -0.00309. The van der Waals surface area contributed by atoms with Crippen LogP contribution in [0.2, 0.25) is 0 Å². The minimum atomic E-state index is -1.18. The molecule has 1 rings (SSSR count). The normalized spacial score (nSPS) is 10.7. The Kier molecular flexibility index (Phi) is 5.92. The van der Waals surface area contributed by atoms with Crippen molar-refractivity contribution in [3.8, 4) is 0 Å². The van der Waals surface area contributed by atoms with E-state index in [2.05, 4.69) is 34.4 Å². The minimum Gasteiger partial charge on any atom is -0.476 e. The molecule has 0 aromatic carbocycles. The number of nitrogens with one attached hydrogen (secondary N) is 2. The molecule has 1 heterocycles. The van der Waals surface area contributed by atoms with Gasteiger partial charge >= 0.3 is 12.0 Å². The van der Waals surface area contributed by atoms with Crippen molar-refractivity contribution in [2.75, 3.05) is 25.5 Å². The fourth-order valence-corrected chi connectivity index (χ4v) is 1.45. The number of pyridine rings is 1. The van der Waals surface area contributed by atoms with Crippen LogP contribution in [0.15, 0.2) is 18.3 Å². The lowest BCUT2D eigenvalue weighted by Gasteiger charge is -2.20. The Hall–Kier alpha value is -2.15. The second kappa shape index (κ2) is 7.44. The summed E-state index contributed by atoms with van der Waals surface area (Å²) < 4.78 is 0. The number of hydrogen-bond donors (Lipinski definition) is 3. The summed E-state index contributed by atoms with van der Waals surface area (Å²) in [5, 5.41) is 14.1. The Balaban J connectivity index is 2.49. The molecule has 0 radical (unpaired) electrons. The number of urea groups is 1. The number of likely N-dealkylation sites (N-methyl/N-ethyl adjacent to an activating group) is 1. The van der Waals surface area contributed by atoms with Crippen molar-refractivity contribution >= 4 is 17.7 Å². The number of carbonyl (C=O) groups excluding carboxylic acids is 1. The first kappa shape index (κ1) is 15.9. The summed E-state index contributed by atoms with van der Waals surface area (Å²) in [5.74, 6) is -1.18. The van der Waals surface area contributed by atoms with E-state index in [4.69, 9.17) is 5.11 Å². The second-order valence-electron chi connectivity index (χ2n) is 4.66. The number of nitrogens with zero attached hydrogens (tertiary/aromatic N) is 2. The van der Waals surface area contributed by atoms with Gasteiger partial charge in [0.15, 0.2) is 5.69 Å². The van der Waals surface area contributed by atoms with Gasteiger partial charge in [-0.1, -0.05) is 0 Å². The van der Waals surface area contributed by atoms with Gasteiger partial charge in [-0.2, -0.15) is 0 Å². The van der Waals surface area contributed by atoms with E-state index in [1.165, 1.54) is 12.3 Å². The standard InChI is InChI=1S/C13H20N4O3/c1-9(2)17(3)8-7-15-13(20)16-10-5-4-6-14-11(10)12(18)19/h4-6,9H,7-8H2,1-3H3,(H,18,19)(H2,15,16,20). The molecular formula is C13H20N4O3. The summed E-state index contributed by atoms with van der Waals surface area (Å²) >= 11 is 0. The van der Waals surface area contributed by atoms with Gasteiger partial charge in [0.2, 0.25) is 0 Å². The Morgan fingerprint density at radius 3 is 2.75 bits per heavy atom. The molecular weight excluding hydrogens is 260 g/mol. The Bertz CT molecular complexity index is 476. The molecule has 0 bridgehead atoms. The van der Waals surface area contributed by atoms with Crippen LogP contribution in [0, 0.1) is 0 Å². The number of aromatic carboxylic acids is 1. The first-order chi connectivity index (χ1) is 9.41. The molecule has 2 amide bonds. The average Bonchev–Trinajstić information content (AvgIpc) is 2.38. The zero-order valence-electron chi connectivity index (χ0n) is 11.9. The van der Waals surface area contributed by atoms with Crippen LogP contribution < -0.4 is 10.6 Å². The molecule has 0 fully saturated rings. The largest absolute Gasteiger partial charge is 0.476 e. The molecule has 0 aliphatic heterocycles. The monoisotopic (exact) mass is 280 g/mol. The highest BCUT2D eigenvalue weighted by Gasteiger charge is 2.13. The van der Waals surface area contributed by atoms with E-state index in [1.54, 1.807) is 6.07 Å². The van der Waals surface area contributed by atoms with Gasteiger partial charge < -0.3 is 20.6 Å². The number of aromatic nitrogens is 1. The van der Waals surface area contributed by atoms with Crippen molar-refractivity contribution in [2.24, 2.45) is 0 Å². The van der Waals surface area contributed by atoms with E-state index in [0.29, 0.717) is 19.1 Å². The lowest BCUT2D eigenvalue weighted by atomic mass is 10.3. The lowest BCUT2D eigenvalue weighted by molar-refractivity contribution is 0.0691. The predicted molar refractivity (Wildman–Crippen MR) is 76.0 cm³/mol. The van der Waals surface area contributed by atoms with Gasteiger partial charge in [-0.25, -0.2) is 14.6 Å². The number of rotatable bonds is 6. The highest BCUT2D eigenvalue weighted by molar-refractivity contribution is 5.98. The van der Waals surface area contributed by atoms with Crippen LogP contribution in [0.25, 0.3) is 0 Å². The first-order valence-electron chi connectivity index (χ1n) is 6.35. The maximum absolute atomic E-state index is 11.7. The van der Waals surface area contributed by atoms with Gasteiger partial charge in [0.25, 0.3) is 0 Å².